The average molecular weight is 386 g/mol. The lowest BCUT2D eigenvalue weighted by molar-refractivity contribution is -0.136. The molecule has 27 heavy (non-hydrogen) atoms. The minimum Gasteiger partial charge on any atom is -0.480 e. The molecule has 140 valence electrons. The Labute approximate surface area is 158 Å². The highest BCUT2D eigenvalue weighted by molar-refractivity contribution is 8.00. The van der Waals surface area contributed by atoms with Crippen molar-refractivity contribution in [2.45, 2.75) is 24.1 Å². The molecule has 0 spiro atoms. The molecule has 0 aliphatic heterocycles. The molecule has 0 bridgehead atoms. The second-order valence-electron chi connectivity index (χ2n) is 6.22. The zero-order valence-electron chi connectivity index (χ0n) is 15.3. The summed E-state index contributed by atoms with van der Waals surface area (Å²) in [7, 11) is 2.89. The molecule has 8 nitrogen and oxygen atoms in total. The van der Waals surface area contributed by atoms with E-state index in [1.807, 2.05) is 31.2 Å². The minimum atomic E-state index is -1.02. The molecule has 3 aromatic rings. The van der Waals surface area contributed by atoms with Gasteiger partial charge in [0, 0.05) is 19.7 Å². The van der Waals surface area contributed by atoms with E-state index in [0.29, 0.717) is 5.82 Å². The van der Waals surface area contributed by atoms with Crippen molar-refractivity contribution >= 4 is 28.8 Å². The van der Waals surface area contributed by atoms with Crippen LogP contribution in [0, 0.1) is 6.92 Å². The van der Waals surface area contributed by atoms with E-state index in [0.717, 1.165) is 27.5 Å². The number of benzene rings is 1. The Balaban J connectivity index is 2.40. The molecule has 0 unspecified atom stereocenters. The van der Waals surface area contributed by atoms with Crippen LogP contribution in [-0.4, -0.2) is 35.4 Å². The van der Waals surface area contributed by atoms with Crippen molar-refractivity contribution < 1.29 is 9.90 Å². The first-order chi connectivity index (χ1) is 12.7. The van der Waals surface area contributed by atoms with Crippen molar-refractivity contribution in [3.8, 4) is 11.4 Å². The van der Waals surface area contributed by atoms with Crippen molar-refractivity contribution in [3.63, 3.8) is 0 Å². The maximum Gasteiger partial charge on any atom is 0.332 e. The van der Waals surface area contributed by atoms with E-state index in [-0.39, 0.29) is 16.1 Å². The summed E-state index contributed by atoms with van der Waals surface area (Å²) in [4.78, 5) is 45.2. The Kier molecular flexibility index (Phi) is 4.88. The number of rotatable bonds is 4. The average Bonchev–Trinajstić information content (AvgIpc) is 2.63. The summed E-state index contributed by atoms with van der Waals surface area (Å²) in [5.74, 6) is -0.694. The normalized spacial score (nSPS) is 12.3. The van der Waals surface area contributed by atoms with Crippen LogP contribution < -0.4 is 11.2 Å². The van der Waals surface area contributed by atoms with Gasteiger partial charge in [-0.15, -0.1) is 0 Å². The third kappa shape index (κ3) is 3.37. The molecule has 2 heterocycles. The van der Waals surface area contributed by atoms with Crippen LogP contribution in [0.3, 0.4) is 0 Å². The number of carbonyl (C=O) groups is 1. The number of aryl methyl sites for hydroxylation is 2. The number of carboxylic acid groups (broad SMARTS) is 1. The molecular formula is C18H18N4O4S. The Morgan fingerprint density at radius 2 is 1.89 bits per heavy atom. The van der Waals surface area contributed by atoms with Crippen molar-refractivity contribution in [1.29, 1.82) is 0 Å². The number of aliphatic carboxylic acids is 1. The summed E-state index contributed by atoms with van der Waals surface area (Å²) in [6.07, 6.45) is 0. The van der Waals surface area contributed by atoms with Gasteiger partial charge in [-0.3, -0.25) is 18.7 Å². The van der Waals surface area contributed by atoms with Crippen molar-refractivity contribution in [1.82, 2.24) is 19.1 Å². The number of hydrogen-bond donors (Lipinski definition) is 1. The molecular weight excluding hydrogens is 368 g/mol. The van der Waals surface area contributed by atoms with Gasteiger partial charge < -0.3 is 5.11 Å². The SMILES string of the molecule is Cc1cccc(-c2nc(S[C@@H](C)C(=O)O)c3c(=O)n(C)c(=O)n(C)c3n2)c1. The van der Waals surface area contributed by atoms with Crippen LogP contribution in [0.2, 0.25) is 0 Å². The van der Waals surface area contributed by atoms with E-state index in [4.69, 9.17) is 0 Å². The molecule has 0 fully saturated rings. The van der Waals surface area contributed by atoms with Crippen LogP contribution in [0.5, 0.6) is 0 Å². The van der Waals surface area contributed by atoms with Gasteiger partial charge in [0.05, 0.1) is 0 Å². The number of aromatic nitrogens is 4. The smallest absolute Gasteiger partial charge is 0.332 e. The highest BCUT2D eigenvalue weighted by Crippen LogP contribution is 2.29. The highest BCUT2D eigenvalue weighted by atomic mass is 32.2. The van der Waals surface area contributed by atoms with Crippen LogP contribution in [0.1, 0.15) is 12.5 Å². The second-order valence-corrected chi connectivity index (χ2v) is 7.55. The van der Waals surface area contributed by atoms with E-state index in [9.17, 15) is 19.5 Å². The summed E-state index contributed by atoms with van der Waals surface area (Å²) in [6.45, 7) is 3.44. The zero-order chi connectivity index (χ0) is 19.9. The third-order valence-corrected chi connectivity index (χ3v) is 5.25. The molecule has 0 radical (unpaired) electrons. The van der Waals surface area contributed by atoms with Crippen LogP contribution in [0.15, 0.2) is 38.9 Å². The fraction of sp³-hybridized carbons (Fsp3) is 0.278. The topological polar surface area (TPSA) is 107 Å². The number of thioether (sulfide) groups is 1. The van der Waals surface area contributed by atoms with Gasteiger partial charge in [-0.2, -0.15) is 0 Å². The van der Waals surface area contributed by atoms with Crippen LogP contribution in [0.25, 0.3) is 22.4 Å². The molecule has 0 amide bonds. The van der Waals surface area contributed by atoms with E-state index in [1.165, 1.54) is 25.6 Å². The number of hydrogen-bond acceptors (Lipinski definition) is 6. The lowest BCUT2D eigenvalue weighted by atomic mass is 10.1. The predicted molar refractivity (Wildman–Crippen MR) is 103 cm³/mol. The van der Waals surface area contributed by atoms with Gasteiger partial charge in [-0.05, 0) is 19.9 Å². The third-order valence-electron chi connectivity index (χ3n) is 4.18. The molecule has 0 saturated heterocycles. The number of carboxylic acids is 1. The van der Waals surface area contributed by atoms with Crippen LogP contribution in [0.4, 0.5) is 0 Å². The zero-order valence-corrected chi connectivity index (χ0v) is 16.1. The largest absolute Gasteiger partial charge is 0.480 e. The standard InChI is InChI=1S/C18H18N4O4S/c1-9-6-5-7-11(8-9)13-19-14-12(15(20-13)27-10(2)17(24)25)16(23)22(4)18(26)21(14)3/h5-8,10H,1-4H3,(H,24,25)/t10-/m0/s1. The fourth-order valence-electron chi connectivity index (χ4n) is 2.65. The van der Waals surface area contributed by atoms with Gasteiger partial charge >= 0.3 is 11.7 Å². The van der Waals surface area contributed by atoms with Gasteiger partial charge in [0.15, 0.2) is 11.5 Å². The predicted octanol–water partition coefficient (Wildman–Crippen LogP) is 1.57. The van der Waals surface area contributed by atoms with Crippen LogP contribution >= 0.6 is 11.8 Å². The van der Waals surface area contributed by atoms with Crippen molar-refractivity contribution in [2.24, 2.45) is 14.1 Å². The quantitative estimate of drug-likeness (QED) is 0.536. The molecule has 3 rings (SSSR count). The Bertz CT molecular complexity index is 1180. The number of nitrogens with zero attached hydrogens (tertiary/aromatic N) is 4. The lowest BCUT2D eigenvalue weighted by Gasteiger charge is -2.13. The first-order valence-electron chi connectivity index (χ1n) is 8.15. The van der Waals surface area contributed by atoms with Gasteiger partial charge in [0.25, 0.3) is 5.56 Å². The van der Waals surface area contributed by atoms with Gasteiger partial charge in [-0.25, -0.2) is 14.8 Å². The molecule has 9 heteroatoms. The molecule has 1 atom stereocenters. The number of fused-ring (bicyclic) bond motifs is 1. The monoisotopic (exact) mass is 386 g/mol. The lowest BCUT2D eigenvalue weighted by Crippen LogP contribution is -2.37. The summed E-state index contributed by atoms with van der Waals surface area (Å²) in [5.41, 5.74) is 0.833. The van der Waals surface area contributed by atoms with E-state index < -0.39 is 22.5 Å². The van der Waals surface area contributed by atoms with E-state index in [1.54, 1.807) is 0 Å². The molecule has 1 aromatic carbocycles. The summed E-state index contributed by atoms with van der Waals surface area (Å²) >= 11 is 0.952. The molecule has 0 aliphatic rings. The first-order valence-corrected chi connectivity index (χ1v) is 9.03. The van der Waals surface area contributed by atoms with Gasteiger partial charge in [0.1, 0.15) is 15.7 Å². The summed E-state index contributed by atoms with van der Waals surface area (Å²) in [6, 6.07) is 7.49. The molecule has 2 aromatic heterocycles. The molecule has 1 N–H and O–H groups in total. The van der Waals surface area contributed by atoms with E-state index in [2.05, 4.69) is 9.97 Å². The summed E-state index contributed by atoms with van der Waals surface area (Å²) < 4.78 is 2.24. The highest BCUT2D eigenvalue weighted by Gasteiger charge is 2.22. The molecule has 0 saturated carbocycles. The van der Waals surface area contributed by atoms with Gasteiger partial charge in [-0.1, -0.05) is 35.5 Å². The minimum absolute atomic E-state index is 0.133. The second kappa shape index (κ2) is 6.99. The van der Waals surface area contributed by atoms with Crippen molar-refractivity contribution in [2.75, 3.05) is 0 Å². The van der Waals surface area contributed by atoms with Crippen molar-refractivity contribution in [3.05, 3.63) is 50.7 Å². The Hall–Kier alpha value is -2.94. The maximum atomic E-state index is 12.7. The fourth-order valence-corrected chi connectivity index (χ4v) is 3.52. The molecule has 0 aliphatic carbocycles. The Morgan fingerprint density at radius 1 is 1.19 bits per heavy atom. The maximum absolute atomic E-state index is 12.7. The van der Waals surface area contributed by atoms with Crippen LogP contribution in [-0.2, 0) is 18.9 Å². The van der Waals surface area contributed by atoms with Gasteiger partial charge in [0.2, 0.25) is 0 Å². The van der Waals surface area contributed by atoms with E-state index >= 15 is 0 Å². The summed E-state index contributed by atoms with van der Waals surface area (Å²) in [5, 5.41) is 8.81. The Morgan fingerprint density at radius 3 is 2.52 bits per heavy atom. The first kappa shape index (κ1) is 18.8.